The van der Waals surface area contributed by atoms with Gasteiger partial charge in [-0.3, -0.25) is 9.80 Å². The number of anilines is 2. The van der Waals surface area contributed by atoms with E-state index in [9.17, 15) is 4.79 Å². The quantitative estimate of drug-likeness (QED) is 0.490. The maximum absolute atomic E-state index is 13.2. The van der Waals surface area contributed by atoms with Crippen LogP contribution in [0.4, 0.5) is 16.2 Å². The summed E-state index contributed by atoms with van der Waals surface area (Å²) < 4.78 is 5.86. The van der Waals surface area contributed by atoms with E-state index in [0.717, 1.165) is 31.8 Å². The van der Waals surface area contributed by atoms with E-state index in [1.165, 1.54) is 0 Å². The molecule has 0 bridgehead atoms. The molecule has 2 rings (SSSR count). The first-order chi connectivity index (χ1) is 14.1. The third kappa shape index (κ3) is 7.35. The monoisotopic (exact) mass is 417 g/mol. The van der Waals surface area contributed by atoms with Gasteiger partial charge < -0.3 is 10.1 Å². The second-order valence-corrected chi connectivity index (χ2v) is 7.27. The molecule has 1 N–H and O–H groups in total. The number of benzene rings is 2. The molecule has 0 radical (unpaired) electrons. The molecule has 0 saturated carbocycles. The van der Waals surface area contributed by atoms with Crippen molar-refractivity contribution in [1.82, 2.24) is 4.90 Å². The van der Waals surface area contributed by atoms with E-state index in [-0.39, 0.29) is 12.1 Å². The third-order valence-corrected chi connectivity index (χ3v) is 5.00. The number of likely N-dealkylation sites (N-methyl/N-ethyl adjacent to an activating group) is 1. The van der Waals surface area contributed by atoms with E-state index in [1.54, 1.807) is 17.0 Å². The smallest absolute Gasteiger partial charge is 0.326 e. The number of nitrogens with one attached hydrogen (secondary N) is 1. The molecule has 2 amide bonds. The third-order valence-electron chi connectivity index (χ3n) is 4.77. The highest BCUT2D eigenvalue weighted by molar-refractivity contribution is 6.30. The Labute approximate surface area is 179 Å². The van der Waals surface area contributed by atoms with Crippen LogP contribution in [0.1, 0.15) is 27.2 Å². The van der Waals surface area contributed by atoms with E-state index < -0.39 is 0 Å². The molecule has 0 fully saturated rings. The summed E-state index contributed by atoms with van der Waals surface area (Å²) in [7, 11) is 0. The Bertz CT molecular complexity index is 738. The largest absolute Gasteiger partial charge is 0.380 e. The first-order valence-electron chi connectivity index (χ1n) is 10.3. The maximum atomic E-state index is 13.2. The van der Waals surface area contributed by atoms with E-state index in [2.05, 4.69) is 31.0 Å². The number of amides is 2. The van der Waals surface area contributed by atoms with Crippen LogP contribution in [0.5, 0.6) is 0 Å². The van der Waals surface area contributed by atoms with E-state index in [1.807, 2.05) is 42.5 Å². The van der Waals surface area contributed by atoms with Gasteiger partial charge in [0.2, 0.25) is 0 Å². The van der Waals surface area contributed by atoms with Crippen LogP contribution in [0.2, 0.25) is 5.02 Å². The average molecular weight is 418 g/mol. The lowest BCUT2D eigenvalue weighted by atomic mass is 10.2. The predicted molar refractivity (Wildman–Crippen MR) is 122 cm³/mol. The summed E-state index contributed by atoms with van der Waals surface area (Å²) in [6, 6.07) is 16.8. The Morgan fingerprint density at radius 2 is 1.79 bits per heavy atom. The fourth-order valence-corrected chi connectivity index (χ4v) is 3.45. The molecule has 2 aromatic carbocycles. The van der Waals surface area contributed by atoms with E-state index in [4.69, 9.17) is 16.3 Å². The number of urea groups is 1. The van der Waals surface area contributed by atoms with Crippen LogP contribution in [-0.2, 0) is 4.74 Å². The fraction of sp³-hybridized carbons (Fsp3) is 0.435. The van der Waals surface area contributed by atoms with Gasteiger partial charge >= 0.3 is 6.03 Å². The van der Waals surface area contributed by atoms with Gasteiger partial charge in [0.1, 0.15) is 0 Å². The topological polar surface area (TPSA) is 44.8 Å². The minimum absolute atomic E-state index is 0.0990. The van der Waals surface area contributed by atoms with Crippen molar-refractivity contribution in [3.63, 3.8) is 0 Å². The lowest BCUT2D eigenvalue weighted by Gasteiger charge is -2.34. The summed E-state index contributed by atoms with van der Waals surface area (Å²) in [4.78, 5) is 17.3. The normalized spacial score (nSPS) is 12.0. The number of carbonyl (C=O) groups excluding carboxylic acids is 1. The van der Waals surface area contributed by atoms with Gasteiger partial charge in [-0.25, -0.2) is 4.79 Å². The maximum Gasteiger partial charge on any atom is 0.326 e. The standard InChI is InChI=1S/C23H32ClN3O2/c1-4-15-29-18-22(26(5-2)6-3)17-27(21-13-8-7-9-14-21)23(28)25-20-12-10-11-19(24)16-20/h7-14,16,22H,4-6,15,17-18H2,1-3H3,(H,25,28). The molecule has 5 nitrogen and oxygen atoms in total. The molecule has 2 aromatic rings. The van der Waals surface area contributed by atoms with Gasteiger partial charge in [-0.2, -0.15) is 0 Å². The zero-order valence-electron chi connectivity index (χ0n) is 17.6. The number of halogens is 1. The predicted octanol–water partition coefficient (Wildman–Crippen LogP) is 5.52. The summed E-state index contributed by atoms with van der Waals surface area (Å²) >= 11 is 6.07. The molecule has 1 atom stereocenters. The van der Waals surface area contributed by atoms with Gasteiger partial charge in [0.25, 0.3) is 0 Å². The summed E-state index contributed by atoms with van der Waals surface area (Å²) in [6.07, 6.45) is 0.975. The molecule has 0 aliphatic rings. The summed E-state index contributed by atoms with van der Waals surface area (Å²) in [5, 5.41) is 3.56. The zero-order chi connectivity index (χ0) is 21.1. The Kier molecular flexibility index (Phi) is 9.98. The molecule has 0 spiro atoms. The second-order valence-electron chi connectivity index (χ2n) is 6.84. The number of ether oxygens (including phenoxy) is 1. The Balaban J connectivity index is 2.24. The van der Waals surface area contributed by atoms with Crippen molar-refractivity contribution in [2.75, 3.05) is 43.1 Å². The van der Waals surface area contributed by atoms with Crippen molar-refractivity contribution in [1.29, 1.82) is 0 Å². The molecule has 29 heavy (non-hydrogen) atoms. The molecular formula is C23H32ClN3O2. The number of rotatable bonds is 11. The van der Waals surface area contributed by atoms with Gasteiger partial charge in [0.05, 0.1) is 12.6 Å². The van der Waals surface area contributed by atoms with Gasteiger partial charge in [-0.1, -0.05) is 56.6 Å². The summed E-state index contributed by atoms with van der Waals surface area (Å²) in [6.45, 7) is 10.00. The molecule has 0 aliphatic carbocycles. The van der Waals surface area contributed by atoms with Crippen LogP contribution in [0.3, 0.4) is 0 Å². The molecule has 6 heteroatoms. The van der Waals surface area contributed by atoms with Crippen LogP contribution < -0.4 is 10.2 Å². The van der Waals surface area contributed by atoms with Gasteiger partial charge in [-0.05, 0) is 49.8 Å². The molecule has 1 unspecified atom stereocenters. The first-order valence-corrected chi connectivity index (χ1v) is 10.7. The van der Waals surface area contributed by atoms with Gasteiger partial charge in [-0.15, -0.1) is 0 Å². The minimum Gasteiger partial charge on any atom is -0.380 e. The number of hydrogen-bond acceptors (Lipinski definition) is 3. The highest BCUT2D eigenvalue weighted by Gasteiger charge is 2.24. The lowest BCUT2D eigenvalue weighted by Crippen LogP contribution is -2.49. The van der Waals surface area contributed by atoms with Crippen LogP contribution in [-0.4, -0.2) is 49.8 Å². The molecule has 0 aliphatic heterocycles. The van der Waals surface area contributed by atoms with Crippen LogP contribution >= 0.6 is 11.6 Å². The highest BCUT2D eigenvalue weighted by Crippen LogP contribution is 2.20. The van der Waals surface area contributed by atoms with Crippen LogP contribution in [0.15, 0.2) is 54.6 Å². The van der Waals surface area contributed by atoms with Crippen LogP contribution in [0, 0.1) is 0 Å². The van der Waals surface area contributed by atoms with E-state index in [0.29, 0.717) is 23.9 Å². The minimum atomic E-state index is -0.189. The van der Waals surface area contributed by atoms with Crippen molar-refractivity contribution in [3.05, 3.63) is 59.6 Å². The average Bonchev–Trinajstić information content (AvgIpc) is 2.73. The zero-order valence-corrected chi connectivity index (χ0v) is 18.4. The number of para-hydroxylation sites is 1. The molecule has 0 heterocycles. The highest BCUT2D eigenvalue weighted by atomic mass is 35.5. The molecular weight excluding hydrogens is 386 g/mol. The van der Waals surface area contributed by atoms with Crippen molar-refractivity contribution in [3.8, 4) is 0 Å². The number of carbonyl (C=O) groups is 1. The van der Waals surface area contributed by atoms with Crippen molar-refractivity contribution >= 4 is 29.0 Å². The van der Waals surface area contributed by atoms with Gasteiger partial charge in [0.15, 0.2) is 0 Å². The fourth-order valence-electron chi connectivity index (χ4n) is 3.26. The Morgan fingerprint density at radius 3 is 2.41 bits per heavy atom. The first kappa shape index (κ1) is 23.2. The molecule has 0 aromatic heterocycles. The van der Waals surface area contributed by atoms with Crippen LogP contribution in [0.25, 0.3) is 0 Å². The second kappa shape index (κ2) is 12.5. The number of hydrogen-bond donors (Lipinski definition) is 1. The SMILES string of the molecule is CCCOCC(CN(C(=O)Nc1cccc(Cl)c1)c1ccccc1)N(CC)CC. The van der Waals surface area contributed by atoms with Crippen molar-refractivity contribution in [2.24, 2.45) is 0 Å². The lowest BCUT2D eigenvalue weighted by molar-refractivity contribution is 0.0668. The van der Waals surface area contributed by atoms with Crippen molar-refractivity contribution < 1.29 is 9.53 Å². The molecule has 158 valence electrons. The van der Waals surface area contributed by atoms with Gasteiger partial charge in [0, 0.05) is 29.5 Å². The molecule has 0 saturated heterocycles. The Hall–Kier alpha value is -2.08. The summed E-state index contributed by atoms with van der Waals surface area (Å²) in [5.41, 5.74) is 1.52. The summed E-state index contributed by atoms with van der Waals surface area (Å²) in [5.74, 6) is 0. The number of nitrogens with zero attached hydrogens (tertiary/aromatic N) is 2. The van der Waals surface area contributed by atoms with Crippen molar-refractivity contribution in [2.45, 2.75) is 33.2 Å². The Morgan fingerprint density at radius 1 is 1.07 bits per heavy atom. The van der Waals surface area contributed by atoms with E-state index >= 15 is 0 Å².